The van der Waals surface area contributed by atoms with E-state index in [0.29, 0.717) is 4.90 Å². The SMILES string of the molecule is CC(C)=CCN[C@@H](C)c1cccc(S(=O)(=O)N(C)C)c1. The van der Waals surface area contributed by atoms with E-state index in [9.17, 15) is 8.42 Å². The molecule has 0 radical (unpaired) electrons. The highest BCUT2D eigenvalue weighted by atomic mass is 32.2. The Labute approximate surface area is 122 Å². The van der Waals surface area contributed by atoms with Gasteiger partial charge in [0.1, 0.15) is 0 Å². The van der Waals surface area contributed by atoms with Crippen molar-refractivity contribution in [2.45, 2.75) is 31.7 Å². The summed E-state index contributed by atoms with van der Waals surface area (Å²) < 4.78 is 25.4. The lowest BCUT2D eigenvalue weighted by Crippen LogP contribution is -2.23. The molecule has 0 heterocycles. The number of sulfonamides is 1. The maximum atomic E-state index is 12.1. The van der Waals surface area contributed by atoms with Gasteiger partial charge in [-0.2, -0.15) is 0 Å². The van der Waals surface area contributed by atoms with Crippen molar-refractivity contribution in [1.82, 2.24) is 9.62 Å². The predicted molar refractivity (Wildman–Crippen MR) is 83.2 cm³/mol. The first-order chi connectivity index (χ1) is 9.25. The molecule has 112 valence electrons. The molecular formula is C15H24N2O2S. The quantitative estimate of drug-likeness (QED) is 0.821. The van der Waals surface area contributed by atoms with E-state index in [2.05, 4.69) is 25.2 Å². The smallest absolute Gasteiger partial charge is 0.242 e. The van der Waals surface area contributed by atoms with Crippen molar-refractivity contribution >= 4 is 10.0 Å². The minimum atomic E-state index is -3.37. The third-order valence-electron chi connectivity index (χ3n) is 3.07. The number of benzene rings is 1. The van der Waals surface area contributed by atoms with Gasteiger partial charge in [-0.1, -0.05) is 23.8 Å². The summed E-state index contributed by atoms with van der Waals surface area (Å²) in [6.45, 7) is 6.90. The summed E-state index contributed by atoms with van der Waals surface area (Å²) in [7, 11) is -0.293. The maximum Gasteiger partial charge on any atom is 0.242 e. The van der Waals surface area contributed by atoms with Gasteiger partial charge in [0.05, 0.1) is 4.90 Å². The van der Waals surface area contributed by atoms with Crippen LogP contribution in [-0.4, -0.2) is 33.4 Å². The summed E-state index contributed by atoms with van der Waals surface area (Å²) in [5.41, 5.74) is 2.23. The van der Waals surface area contributed by atoms with Crippen molar-refractivity contribution in [3.63, 3.8) is 0 Å². The highest BCUT2D eigenvalue weighted by Gasteiger charge is 2.18. The van der Waals surface area contributed by atoms with Crippen molar-refractivity contribution in [3.05, 3.63) is 41.5 Å². The Morgan fingerprint density at radius 2 is 2.00 bits per heavy atom. The zero-order valence-corrected chi connectivity index (χ0v) is 13.7. The second-order valence-electron chi connectivity index (χ2n) is 5.27. The molecule has 0 aliphatic heterocycles. The van der Waals surface area contributed by atoms with Gasteiger partial charge in [0.2, 0.25) is 10.0 Å². The standard InChI is InChI=1S/C15H24N2O2S/c1-12(2)9-10-16-13(3)14-7-6-8-15(11-14)20(18,19)17(4)5/h6-9,11,13,16H,10H2,1-5H3/t13-/m0/s1. The molecule has 0 fully saturated rings. The molecule has 1 N–H and O–H groups in total. The molecule has 0 spiro atoms. The normalized spacial score (nSPS) is 13.3. The van der Waals surface area contributed by atoms with Crippen LogP contribution < -0.4 is 5.32 Å². The lowest BCUT2D eigenvalue weighted by Gasteiger charge is -2.16. The molecule has 1 aromatic carbocycles. The van der Waals surface area contributed by atoms with Crippen LogP contribution in [0.15, 0.2) is 40.8 Å². The van der Waals surface area contributed by atoms with Crippen molar-refractivity contribution < 1.29 is 8.42 Å². The number of nitrogens with one attached hydrogen (secondary N) is 1. The van der Waals surface area contributed by atoms with Crippen LogP contribution in [0.1, 0.15) is 32.4 Å². The van der Waals surface area contributed by atoms with Crippen molar-refractivity contribution in [2.75, 3.05) is 20.6 Å². The lowest BCUT2D eigenvalue weighted by atomic mass is 10.1. The summed E-state index contributed by atoms with van der Waals surface area (Å²) >= 11 is 0. The van der Waals surface area contributed by atoms with Gasteiger partial charge in [0.25, 0.3) is 0 Å². The molecular weight excluding hydrogens is 272 g/mol. The third-order valence-corrected chi connectivity index (χ3v) is 4.88. The molecule has 1 aromatic rings. The van der Waals surface area contributed by atoms with E-state index < -0.39 is 10.0 Å². The molecule has 1 atom stereocenters. The second kappa shape index (κ2) is 7.02. The van der Waals surface area contributed by atoms with Crippen LogP contribution in [0, 0.1) is 0 Å². The molecule has 4 nitrogen and oxygen atoms in total. The molecule has 0 amide bonds. The van der Waals surface area contributed by atoms with E-state index in [4.69, 9.17) is 0 Å². The van der Waals surface area contributed by atoms with Gasteiger partial charge < -0.3 is 5.32 Å². The summed E-state index contributed by atoms with van der Waals surface area (Å²) in [5, 5.41) is 3.35. The van der Waals surface area contributed by atoms with Crippen LogP contribution in [-0.2, 0) is 10.0 Å². The van der Waals surface area contributed by atoms with Crippen molar-refractivity contribution in [2.24, 2.45) is 0 Å². The Morgan fingerprint density at radius 3 is 2.55 bits per heavy atom. The van der Waals surface area contributed by atoms with Crippen LogP contribution in [0.3, 0.4) is 0 Å². The van der Waals surface area contributed by atoms with Gasteiger partial charge in [0, 0.05) is 26.7 Å². The number of hydrogen-bond acceptors (Lipinski definition) is 3. The lowest BCUT2D eigenvalue weighted by molar-refractivity contribution is 0.520. The Kier molecular flexibility index (Phi) is 5.92. The highest BCUT2D eigenvalue weighted by molar-refractivity contribution is 7.89. The predicted octanol–water partition coefficient (Wildman–Crippen LogP) is 2.55. The van der Waals surface area contributed by atoms with Crippen LogP contribution >= 0.6 is 0 Å². The minimum absolute atomic E-state index is 0.0999. The fourth-order valence-electron chi connectivity index (χ4n) is 1.71. The number of nitrogens with zero attached hydrogens (tertiary/aromatic N) is 1. The van der Waals surface area contributed by atoms with Crippen LogP contribution in [0.2, 0.25) is 0 Å². The highest BCUT2D eigenvalue weighted by Crippen LogP contribution is 2.19. The van der Waals surface area contributed by atoms with Gasteiger partial charge in [0.15, 0.2) is 0 Å². The average molecular weight is 296 g/mol. The monoisotopic (exact) mass is 296 g/mol. The average Bonchev–Trinajstić information content (AvgIpc) is 2.38. The first-order valence-corrected chi connectivity index (χ1v) is 8.08. The Balaban J connectivity index is 2.91. The molecule has 0 bridgehead atoms. The molecule has 1 rings (SSSR count). The van der Waals surface area contributed by atoms with Crippen molar-refractivity contribution in [3.8, 4) is 0 Å². The fourth-order valence-corrected chi connectivity index (χ4v) is 2.67. The van der Waals surface area contributed by atoms with Crippen LogP contribution in [0.5, 0.6) is 0 Å². The molecule has 0 aromatic heterocycles. The van der Waals surface area contributed by atoms with Gasteiger partial charge in [-0.3, -0.25) is 0 Å². The van der Waals surface area contributed by atoms with E-state index in [0.717, 1.165) is 12.1 Å². The molecule has 0 unspecified atom stereocenters. The summed E-state index contributed by atoms with van der Waals surface area (Å²) in [6.07, 6.45) is 2.11. The molecule has 5 heteroatoms. The van der Waals surface area contributed by atoms with E-state index in [-0.39, 0.29) is 6.04 Å². The van der Waals surface area contributed by atoms with Crippen molar-refractivity contribution in [1.29, 1.82) is 0 Å². The maximum absolute atomic E-state index is 12.1. The van der Waals surface area contributed by atoms with Crippen LogP contribution in [0.4, 0.5) is 0 Å². The summed E-state index contributed by atoms with van der Waals surface area (Å²) in [5.74, 6) is 0. The number of allylic oxidation sites excluding steroid dienone is 1. The molecule has 0 saturated carbocycles. The van der Waals surface area contributed by atoms with E-state index in [1.807, 2.05) is 13.0 Å². The van der Waals surface area contributed by atoms with E-state index in [1.165, 1.54) is 9.88 Å². The summed E-state index contributed by atoms with van der Waals surface area (Å²) in [4.78, 5) is 0.330. The Hall–Kier alpha value is -1.17. The topological polar surface area (TPSA) is 49.4 Å². The fraction of sp³-hybridized carbons (Fsp3) is 0.467. The zero-order valence-electron chi connectivity index (χ0n) is 12.8. The Morgan fingerprint density at radius 1 is 1.35 bits per heavy atom. The molecule has 20 heavy (non-hydrogen) atoms. The zero-order chi connectivity index (χ0) is 15.3. The van der Waals surface area contributed by atoms with Crippen LogP contribution in [0.25, 0.3) is 0 Å². The number of rotatable bonds is 6. The second-order valence-corrected chi connectivity index (χ2v) is 7.42. The van der Waals surface area contributed by atoms with Gasteiger partial charge in [-0.15, -0.1) is 0 Å². The third kappa shape index (κ3) is 4.44. The molecule has 0 saturated heterocycles. The van der Waals surface area contributed by atoms with Gasteiger partial charge in [-0.25, -0.2) is 12.7 Å². The Bertz CT molecular complexity index is 573. The van der Waals surface area contributed by atoms with Gasteiger partial charge >= 0.3 is 0 Å². The first kappa shape index (κ1) is 16.9. The summed E-state index contributed by atoms with van der Waals surface area (Å²) in [6, 6.07) is 7.18. The number of hydrogen-bond donors (Lipinski definition) is 1. The molecule has 0 aliphatic rings. The minimum Gasteiger partial charge on any atom is -0.307 e. The van der Waals surface area contributed by atoms with Gasteiger partial charge in [-0.05, 0) is 38.5 Å². The van der Waals surface area contributed by atoms with E-state index in [1.54, 1.807) is 32.3 Å². The largest absolute Gasteiger partial charge is 0.307 e. The van der Waals surface area contributed by atoms with E-state index >= 15 is 0 Å². The molecule has 0 aliphatic carbocycles. The first-order valence-electron chi connectivity index (χ1n) is 6.64.